The molecule has 1 fully saturated rings. The molecule has 29 heavy (non-hydrogen) atoms. The number of amides is 1. The average molecular weight is 390 g/mol. The van der Waals surface area contributed by atoms with Gasteiger partial charge in [0.05, 0.1) is 19.3 Å². The Balaban J connectivity index is 1.34. The van der Waals surface area contributed by atoms with Crippen LogP contribution in [0.5, 0.6) is 11.5 Å². The van der Waals surface area contributed by atoms with Gasteiger partial charge < -0.3 is 18.8 Å². The summed E-state index contributed by atoms with van der Waals surface area (Å²) in [6.45, 7) is 2.05. The van der Waals surface area contributed by atoms with Gasteiger partial charge in [-0.2, -0.15) is 0 Å². The number of hydrogen-bond acceptors (Lipinski definition) is 5. The summed E-state index contributed by atoms with van der Waals surface area (Å²) in [6, 6.07) is 13.6. The Labute approximate surface area is 168 Å². The molecule has 0 spiro atoms. The Hall–Kier alpha value is -3.28. The number of para-hydroxylation sites is 2. The van der Waals surface area contributed by atoms with Crippen molar-refractivity contribution in [2.75, 3.05) is 19.8 Å². The molecule has 3 heterocycles. The van der Waals surface area contributed by atoms with Crippen LogP contribution in [-0.4, -0.2) is 35.5 Å². The quantitative estimate of drug-likeness (QED) is 0.622. The molecule has 6 nitrogen and oxygen atoms in total. The van der Waals surface area contributed by atoms with Crippen LogP contribution < -0.4 is 9.47 Å². The first kappa shape index (κ1) is 17.8. The molecule has 0 aliphatic carbocycles. The SMILES string of the molecule is O=C(/C=C/c1nc2ccccc2o1)N1CCC[C@H]1c1ccc2c(c1)OCCCO2. The van der Waals surface area contributed by atoms with Crippen molar-refractivity contribution in [3.05, 3.63) is 60.0 Å². The summed E-state index contributed by atoms with van der Waals surface area (Å²) in [5, 5.41) is 0. The van der Waals surface area contributed by atoms with Gasteiger partial charge in [0.25, 0.3) is 0 Å². The number of aromatic nitrogens is 1. The van der Waals surface area contributed by atoms with Gasteiger partial charge in [-0.15, -0.1) is 0 Å². The molecule has 0 saturated carbocycles. The van der Waals surface area contributed by atoms with Gasteiger partial charge >= 0.3 is 0 Å². The number of rotatable bonds is 3. The summed E-state index contributed by atoms with van der Waals surface area (Å²) in [5.41, 5.74) is 2.58. The van der Waals surface area contributed by atoms with E-state index >= 15 is 0 Å². The Morgan fingerprint density at radius 2 is 1.93 bits per heavy atom. The van der Waals surface area contributed by atoms with Crippen LogP contribution in [0, 0.1) is 0 Å². The van der Waals surface area contributed by atoms with Crippen molar-refractivity contribution in [1.29, 1.82) is 0 Å². The first-order valence-corrected chi connectivity index (χ1v) is 10.0. The summed E-state index contributed by atoms with van der Waals surface area (Å²) < 4.78 is 17.2. The first-order valence-electron chi connectivity index (χ1n) is 10.0. The average Bonchev–Trinajstić information content (AvgIpc) is 3.33. The smallest absolute Gasteiger partial charge is 0.247 e. The number of carbonyl (C=O) groups excluding carboxylic acids is 1. The van der Waals surface area contributed by atoms with Gasteiger partial charge in [-0.1, -0.05) is 18.2 Å². The second-order valence-electron chi connectivity index (χ2n) is 7.30. The topological polar surface area (TPSA) is 64.8 Å². The van der Waals surface area contributed by atoms with Crippen LogP contribution in [-0.2, 0) is 4.79 Å². The zero-order valence-corrected chi connectivity index (χ0v) is 16.0. The van der Waals surface area contributed by atoms with Crippen LogP contribution in [0.2, 0.25) is 0 Å². The number of fused-ring (bicyclic) bond motifs is 2. The number of nitrogens with zero attached hydrogens (tertiary/aromatic N) is 2. The molecule has 3 aromatic rings. The van der Waals surface area contributed by atoms with E-state index in [9.17, 15) is 4.79 Å². The van der Waals surface area contributed by atoms with Crippen LogP contribution in [0.3, 0.4) is 0 Å². The fraction of sp³-hybridized carbons (Fsp3) is 0.304. The lowest BCUT2D eigenvalue weighted by molar-refractivity contribution is -0.126. The van der Waals surface area contributed by atoms with E-state index in [1.807, 2.05) is 47.4 Å². The van der Waals surface area contributed by atoms with E-state index in [1.165, 1.54) is 0 Å². The molecular weight excluding hydrogens is 368 g/mol. The van der Waals surface area contributed by atoms with Crippen LogP contribution in [0.15, 0.2) is 53.0 Å². The van der Waals surface area contributed by atoms with E-state index in [-0.39, 0.29) is 11.9 Å². The van der Waals surface area contributed by atoms with E-state index in [2.05, 4.69) is 4.98 Å². The van der Waals surface area contributed by atoms with Gasteiger partial charge in [0.2, 0.25) is 11.8 Å². The van der Waals surface area contributed by atoms with Crippen molar-refractivity contribution in [3.63, 3.8) is 0 Å². The third kappa shape index (κ3) is 3.58. The molecule has 0 N–H and O–H groups in total. The number of oxazole rings is 1. The molecule has 148 valence electrons. The summed E-state index contributed by atoms with van der Waals surface area (Å²) in [7, 11) is 0. The maximum atomic E-state index is 12.9. The lowest BCUT2D eigenvalue weighted by Crippen LogP contribution is -2.28. The van der Waals surface area contributed by atoms with E-state index in [1.54, 1.807) is 12.2 Å². The Morgan fingerprint density at radius 1 is 1.07 bits per heavy atom. The van der Waals surface area contributed by atoms with Crippen LogP contribution >= 0.6 is 0 Å². The lowest BCUT2D eigenvalue weighted by Gasteiger charge is -2.24. The third-order valence-corrected chi connectivity index (χ3v) is 5.37. The molecule has 5 rings (SSSR count). The minimum Gasteiger partial charge on any atom is -0.490 e. The number of carbonyl (C=O) groups is 1. The molecule has 6 heteroatoms. The minimum atomic E-state index is -0.0399. The highest BCUT2D eigenvalue weighted by molar-refractivity contribution is 5.92. The second-order valence-corrected chi connectivity index (χ2v) is 7.30. The highest BCUT2D eigenvalue weighted by Gasteiger charge is 2.29. The molecule has 0 radical (unpaired) electrons. The minimum absolute atomic E-state index is 0.0351. The number of benzene rings is 2. The summed E-state index contributed by atoms with van der Waals surface area (Å²) in [4.78, 5) is 19.2. The van der Waals surface area contributed by atoms with Crippen LogP contribution in [0.25, 0.3) is 17.2 Å². The molecule has 1 amide bonds. The van der Waals surface area contributed by atoms with Crippen molar-refractivity contribution in [1.82, 2.24) is 9.88 Å². The Kier molecular flexibility index (Phi) is 4.68. The molecule has 1 aromatic heterocycles. The van der Waals surface area contributed by atoms with Crippen molar-refractivity contribution < 1.29 is 18.7 Å². The zero-order valence-electron chi connectivity index (χ0n) is 16.0. The molecule has 0 bridgehead atoms. The maximum absolute atomic E-state index is 12.9. The number of ether oxygens (including phenoxy) is 2. The molecule has 2 aliphatic rings. The molecule has 2 aliphatic heterocycles. The van der Waals surface area contributed by atoms with Crippen LogP contribution in [0.4, 0.5) is 0 Å². The molecule has 0 unspecified atom stereocenters. The molecule has 2 aromatic carbocycles. The van der Waals surface area contributed by atoms with Gasteiger partial charge in [-0.25, -0.2) is 4.98 Å². The molecular formula is C23H22N2O4. The van der Waals surface area contributed by atoms with Crippen molar-refractivity contribution in [2.45, 2.75) is 25.3 Å². The van der Waals surface area contributed by atoms with Gasteiger partial charge in [0.15, 0.2) is 17.1 Å². The highest BCUT2D eigenvalue weighted by Crippen LogP contribution is 2.38. The predicted molar refractivity (Wildman–Crippen MR) is 109 cm³/mol. The monoisotopic (exact) mass is 390 g/mol. The van der Waals surface area contributed by atoms with E-state index < -0.39 is 0 Å². The van der Waals surface area contributed by atoms with Gasteiger partial charge in [-0.05, 0) is 42.7 Å². The van der Waals surface area contributed by atoms with E-state index in [4.69, 9.17) is 13.9 Å². The van der Waals surface area contributed by atoms with Gasteiger partial charge in [0, 0.05) is 25.1 Å². The summed E-state index contributed by atoms with van der Waals surface area (Å²) in [5.74, 6) is 1.94. The lowest BCUT2D eigenvalue weighted by atomic mass is 10.0. The fourth-order valence-electron chi connectivity index (χ4n) is 3.96. The predicted octanol–water partition coefficient (Wildman–Crippen LogP) is 4.37. The molecule has 1 saturated heterocycles. The van der Waals surface area contributed by atoms with Gasteiger partial charge in [-0.3, -0.25) is 4.79 Å². The highest BCUT2D eigenvalue weighted by atomic mass is 16.5. The first-order chi connectivity index (χ1) is 14.3. The number of likely N-dealkylation sites (tertiary alicyclic amines) is 1. The Morgan fingerprint density at radius 3 is 2.83 bits per heavy atom. The van der Waals surface area contributed by atoms with Gasteiger partial charge in [0.1, 0.15) is 5.52 Å². The van der Waals surface area contributed by atoms with Crippen molar-refractivity contribution in [2.24, 2.45) is 0 Å². The van der Waals surface area contributed by atoms with E-state index in [0.29, 0.717) is 24.7 Å². The maximum Gasteiger partial charge on any atom is 0.247 e. The van der Waals surface area contributed by atoms with Crippen molar-refractivity contribution >= 4 is 23.1 Å². The third-order valence-electron chi connectivity index (χ3n) is 5.37. The fourth-order valence-corrected chi connectivity index (χ4v) is 3.96. The Bertz CT molecular complexity index is 1040. The van der Waals surface area contributed by atoms with E-state index in [0.717, 1.165) is 48.4 Å². The number of hydrogen-bond donors (Lipinski definition) is 0. The summed E-state index contributed by atoms with van der Waals surface area (Å²) >= 11 is 0. The molecule has 1 atom stereocenters. The second kappa shape index (κ2) is 7.62. The van der Waals surface area contributed by atoms with Crippen molar-refractivity contribution in [3.8, 4) is 11.5 Å². The zero-order chi connectivity index (χ0) is 19.6. The normalized spacial score (nSPS) is 19.0. The summed E-state index contributed by atoms with van der Waals surface area (Å²) in [6.07, 6.45) is 5.97. The largest absolute Gasteiger partial charge is 0.490 e. The standard InChI is InChI=1S/C23H22N2O4/c26-23(11-10-22-24-17-5-1-2-7-19(17)29-22)25-12-3-6-18(25)16-8-9-20-21(15-16)28-14-4-13-27-20/h1-2,5,7-11,15,18H,3-4,6,12-14H2/b11-10+/t18-/m0/s1. The van der Waals surface area contributed by atoms with Crippen LogP contribution in [0.1, 0.15) is 36.8 Å².